The summed E-state index contributed by atoms with van der Waals surface area (Å²) in [6, 6.07) is 5.98. The minimum absolute atomic E-state index is 0.00563. The average Bonchev–Trinajstić information content (AvgIpc) is 3.30. The quantitative estimate of drug-likeness (QED) is 0.458. The monoisotopic (exact) mass is 465 g/mol. The maximum Gasteiger partial charge on any atom is 0.309 e. The number of amides is 1. The summed E-state index contributed by atoms with van der Waals surface area (Å²) in [5.41, 5.74) is 1.74. The van der Waals surface area contributed by atoms with Crippen LogP contribution in [0.4, 0.5) is 9.52 Å². The number of carboxylic acid groups (broad SMARTS) is 1. The first-order valence-electron chi connectivity index (χ1n) is 9.43. The Morgan fingerprint density at radius 2 is 2.06 bits per heavy atom. The van der Waals surface area contributed by atoms with Gasteiger partial charge in [0.25, 0.3) is 5.91 Å². The lowest BCUT2D eigenvalue weighted by molar-refractivity contribution is -0.136. The molecule has 3 N–H and O–H groups in total. The Balaban J connectivity index is 1.89. The second kappa shape index (κ2) is 9.59. The molecule has 3 aromatic rings. The first kappa shape index (κ1) is 22.9. The van der Waals surface area contributed by atoms with Crippen molar-refractivity contribution in [3.63, 3.8) is 0 Å². The highest BCUT2D eigenvalue weighted by molar-refractivity contribution is 7.14. The van der Waals surface area contributed by atoms with Crippen LogP contribution in [0.2, 0.25) is 5.02 Å². The standard InChI is InChI=1S/C21H21ClFN3O4S/c1-11(2)19(29)13-6-17(20(30)25-21-24-14(10-31-21)7-18(27)28)26(9-13)8-12-3-4-15(22)16(23)5-12/h3-6,9-11,19,29H,7-8H2,1-2H3,(H,27,28)(H,24,25,30). The third-order valence-corrected chi connectivity index (χ3v) is 5.68. The molecule has 2 heterocycles. The zero-order valence-electron chi connectivity index (χ0n) is 16.8. The molecule has 0 aliphatic carbocycles. The summed E-state index contributed by atoms with van der Waals surface area (Å²) in [7, 11) is 0. The molecule has 1 aromatic carbocycles. The van der Waals surface area contributed by atoms with Crippen LogP contribution in [-0.2, 0) is 17.8 Å². The van der Waals surface area contributed by atoms with Crippen LogP contribution in [0.5, 0.6) is 0 Å². The summed E-state index contributed by atoms with van der Waals surface area (Å²) in [4.78, 5) is 27.9. The van der Waals surface area contributed by atoms with Gasteiger partial charge >= 0.3 is 5.97 Å². The van der Waals surface area contributed by atoms with Crippen molar-refractivity contribution >= 4 is 39.9 Å². The SMILES string of the molecule is CC(C)C(O)c1cc(C(=O)Nc2nc(CC(=O)O)cs2)n(Cc2ccc(Cl)c(F)c2)c1. The average molecular weight is 466 g/mol. The molecular formula is C21H21ClFN3O4S. The van der Waals surface area contributed by atoms with Gasteiger partial charge in [-0.05, 0) is 35.2 Å². The minimum atomic E-state index is -1.01. The van der Waals surface area contributed by atoms with E-state index < -0.39 is 23.8 Å². The molecule has 1 atom stereocenters. The molecule has 0 aliphatic heterocycles. The number of aromatic nitrogens is 2. The molecule has 0 saturated carbocycles. The first-order valence-corrected chi connectivity index (χ1v) is 10.7. The Hall–Kier alpha value is -2.75. The number of hydrogen-bond acceptors (Lipinski definition) is 5. The largest absolute Gasteiger partial charge is 0.481 e. The van der Waals surface area contributed by atoms with Crippen LogP contribution < -0.4 is 5.32 Å². The van der Waals surface area contributed by atoms with E-state index in [-0.39, 0.29) is 34.7 Å². The van der Waals surface area contributed by atoms with E-state index in [0.717, 1.165) is 11.3 Å². The van der Waals surface area contributed by atoms with Crippen molar-refractivity contribution in [1.82, 2.24) is 9.55 Å². The first-order chi connectivity index (χ1) is 14.6. The Labute approximate surface area is 187 Å². The topological polar surface area (TPSA) is 104 Å². The summed E-state index contributed by atoms with van der Waals surface area (Å²) in [6.07, 6.45) is 0.635. The Morgan fingerprint density at radius 3 is 2.71 bits per heavy atom. The Morgan fingerprint density at radius 1 is 1.32 bits per heavy atom. The van der Waals surface area contributed by atoms with Crippen LogP contribution in [0.1, 0.15) is 47.3 Å². The smallest absolute Gasteiger partial charge is 0.309 e. The molecule has 2 aromatic heterocycles. The summed E-state index contributed by atoms with van der Waals surface area (Å²) < 4.78 is 15.5. The van der Waals surface area contributed by atoms with Crippen molar-refractivity contribution in [2.45, 2.75) is 32.9 Å². The number of nitrogens with one attached hydrogen (secondary N) is 1. The summed E-state index contributed by atoms with van der Waals surface area (Å²) in [5, 5.41) is 23.8. The van der Waals surface area contributed by atoms with Crippen LogP contribution >= 0.6 is 22.9 Å². The van der Waals surface area contributed by atoms with Crippen molar-refractivity contribution in [3.05, 3.63) is 69.2 Å². The maximum absolute atomic E-state index is 13.9. The van der Waals surface area contributed by atoms with Crippen LogP contribution in [-0.4, -0.2) is 31.6 Å². The number of carbonyl (C=O) groups is 2. The molecule has 0 fully saturated rings. The number of halogens is 2. The molecule has 0 spiro atoms. The van der Waals surface area contributed by atoms with Gasteiger partial charge in [0.15, 0.2) is 5.13 Å². The highest BCUT2D eigenvalue weighted by Crippen LogP contribution is 2.26. The zero-order chi connectivity index (χ0) is 22.7. The van der Waals surface area contributed by atoms with Gasteiger partial charge in [0.2, 0.25) is 0 Å². The third-order valence-electron chi connectivity index (χ3n) is 4.56. The minimum Gasteiger partial charge on any atom is -0.481 e. The van der Waals surface area contributed by atoms with E-state index in [1.165, 1.54) is 12.1 Å². The lowest BCUT2D eigenvalue weighted by Gasteiger charge is -2.12. The van der Waals surface area contributed by atoms with Gasteiger partial charge in [-0.25, -0.2) is 9.37 Å². The van der Waals surface area contributed by atoms with E-state index in [1.807, 2.05) is 13.8 Å². The fourth-order valence-electron chi connectivity index (χ4n) is 3.00. The van der Waals surface area contributed by atoms with Gasteiger partial charge in [0, 0.05) is 18.1 Å². The van der Waals surface area contributed by atoms with Gasteiger partial charge in [0.1, 0.15) is 11.5 Å². The lowest BCUT2D eigenvalue weighted by atomic mass is 10.0. The number of aliphatic hydroxyl groups is 1. The van der Waals surface area contributed by atoms with E-state index in [9.17, 15) is 19.1 Å². The normalized spacial score (nSPS) is 12.2. The number of aliphatic hydroxyl groups excluding tert-OH is 1. The number of aliphatic carboxylic acids is 1. The molecule has 10 heteroatoms. The van der Waals surface area contributed by atoms with E-state index in [1.54, 1.807) is 28.3 Å². The number of carboxylic acids is 1. The van der Waals surface area contributed by atoms with Gasteiger partial charge in [-0.1, -0.05) is 31.5 Å². The fraction of sp³-hybridized carbons (Fsp3) is 0.286. The molecule has 3 rings (SSSR count). The van der Waals surface area contributed by atoms with Crippen molar-refractivity contribution in [2.24, 2.45) is 5.92 Å². The molecule has 1 amide bonds. The molecule has 164 valence electrons. The maximum atomic E-state index is 13.9. The number of thiazole rings is 1. The second-order valence-electron chi connectivity index (χ2n) is 7.39. The molecule has 0 bridgehead atoms. The van der Waals surface area contributed by atoms with Gasteiger partial charge < -0.3 is 14.8 Å². The molecule has 0 radical (unpaired) electrons. The molecule has 0 aliphatic rings. The third kappa shape index (κ3) is 5.69. The van der Waals surface area contributed by atoms with Crippen LogP contribution in [0.25, 0.3) is 0 Å². The van der Waals surface area contributed by atoms with Gasteiger partial charge in [0.05, 0.1) is 23.2 Å². The van der Waals surface area contributed by atoms with E-state index >= 15 is 0 Å². The predicted molar refractivity (Wildman–Crippen MR) is 116 cm³/mol. The molecular weight excluding hydrogens is 445 g/mol. The molecule has 31 heavy (non-hydrogen) atoms. The van der Waals surface area contributed by atoms with Gasteiger partial charge in [-0.2, -0.15) is 0 Å². The van der Waals surface area contributed by atoms with Crippen molar-refractivity contribution in [2.75, 3.05) is 5.32 Å². The van der Waals surface area contributed by atoms with Gasteiger partial charge in [-0.3, -0.25) is 14.9 Å². The molecule has 1 unspecified atom stereocenters. The van der Waals surface area contributed by atoms with Crippen LogP contribution in [0.3, 0.4) is 0 Å². The summed E-state index contributed by atoms with van der Waals surface area (Å²) in [6.45, 7) is 3.90. The predicted octanol–water partition coefficient (Wildman–Crippen LogP) is 4.35. The van der Waals surface area contributed by atoms with Crippen LogP contribution in [0.15, 0.2) is 35.8 Å². The van der Waals surface area contributed by atoms with Crippen molar-refractivity contribution < 1.29 is 24.2 Å². The van der Waals surface area contributed by atoms with Crippen molar-refractivity contribution in [3.8, 4) is 0 Å². The number of nitrogens with zero attached hydrogens (tertiary/aromatic N) is 2. The number of benzene rings is 1. The molecule has 7 nitrogen and oxygen atoms in total. The lowest BCUT2D eigenvalue weighted by Crippen LogP contribution is -2.17. The number of hydrogen-bond donors (Lipinski definition) is 3. The van der Waals surface area contributed by atoms with E-state index in [2.05, 4.69) is 10.3 Å². The van der Waals surface area contributed by atoms with Crippen LogP contribution in [0, 0.1) is 11.7 Å². The summed E-state index contributed by atoms with van der Waals surface area (Å²) in [5.74, 6) is -2.13. The highest BCUT2D eigenvalue weighted by atomic mass is 35.5. The second-order valence-corrected chi connectivity index (χ2v) is 8.66. The Bertz CT molecular complexity index is 1110. The fourth-order valence-corrected chi connectivity index (χ4v) is 3.82. The number of carbonyl (C=O) groups excluding carboxylic acids is 1. The van der Waals surface area contributed by atoms with E-state index in [0.29, 0.717) is 16.8 Å². The molecule has 0 saturated heterocycles. The van der Waals surface area contributed by atoms with Gasteiger partial charge in [-0.15, -0.1) is 11.3 Å². The number of rotatable bonds is 8. The zero-order valence-corrected chi connectivity index (χ0v) is 18.4. The van der Waals surface area contributed by atoms with Crippen molar-refractivity contribution in [1.29, 1.82) is 0 Å². The number of anilines is 1. The Kier molecular flexibility index (Phi) is 7.09. The summed E-state index contributed by atoms with van der Waals surface area (Å²) >= 11 is 6.86. The highest BCUT2D eigenvalue weighted by Gasteiger charge is 2.21. The van der Waals surface area contributed by atoms with E-state index in [4.69, 9.17) is 16.7 Å².